The van der Waals surface area contributed by atoms with Gasteiger partial charge in [-0.15, -0.1) is 0 Å². The van der Waals surface area contributed by atoms with Crippen LogP contribution in [0.4, 0.5) is 22.0 Å². The number of benzene rings is 2. The number of halogens is 5. The lowest BCUT2D eigenvalue weighted by molar-refractivity contribution is 0.102. The predicted octanol–water partition coefficient (Wildman–Crippen LogP) is 3.05. The van der Waals surface area contributed by atoms with Gasteiger partial charge in [-0.1, -0.05) is 0 Å². The van der Waals surface area contributed by atoms with Crippen molar-refractivity contribution in [2.45, 2.75) is 4.90 Å². The highest BCUT2D eigenvalue weighted by molar-refractivity contribution is 7.92. The Labute approximate surface area is 138 Å². The summed E-state index contributed by atoms with van der Waals surface area (Å²) in [4.78, 5) is 9.93. The molecule has 10 heteroatoms. The summed E-state index contributed by atoms with van der Waals surface area (Å²) in [6.07, 6.45) is 0. The van der Waals surface area contributed by atoms with E-state index < -0.39 is 55.4 Å². The molecular formula is C15H9F5O4S. The van der Waals surface area contributed by atoms with Gasteiger partial charge in [0.25, 0.3) is 0 Å². The lowest BCUT2D eigenvalue weighted by Crippen LogP contribution is -2.21. The Morgan fingerprint density at radius 2 is 1.32 bits per heavy atom. The Balaban J connectivity index is 2.44. The van der Waals surface area contributed by atoms with Gasteiger partial charge in [-0.25, -0.2) is 30.4 Å². The first-order valence-corrected chi connectivity index (χ1v) is 8.16. The van der Waals surface area contributed by atoms with E-state index in [2.05, 4.69) is 0 Å². The van der Waals surface area contributed by atoms with Gasteiger partial charge in [-0.3, -0.25) is 4.79 Å². The second-order valence-corrected chi connectivity index (χ2v) is 6.74. The number of methoxy groups -OCH3 is 1. The lowest BCUT2D eigenvalue weighted by Gasteiger charge is -2.09. The first-order chi connectivity index (χ1) is 11.6. The van der Waals surface area contributed by atoms with Crippen molar-refractivity contribution in [2.24, 2.45) is 0 Å². The van der Waals surface area contributed by atoms with Crippen LogP contribution in [-0.4, -0.2) is 27.1 Å². The summed E-state index contributed by atoms with van der Waals surface area (Å²) in [5.41, 5.74) is -0.145. The van der Waals surface area contributed by atoms with Crippen LogP contribution in [0.25, 0.3) is 0 Å². The highest BCUT2D eigenvalue weighted by atomic mass is 32.2. The predicted molar refractivity (Wildman–Crippen MR) is 75.6 cm³/mol. The number of carbonyl (C=O) groups excluding carboxylic acids is 1. The quantitative estimate of drug-likeness (QED) is 0.263. The zero-order valence-corrected chi connectivity index (χ0v) is 13.3. The van der Waals surface area contributed by atoms with Crippen LogP contribution in [0.5, 0.6) is 5.75 Å². The van der Waals surface area contributed by atoms with E-state index in [1.54, 1.807) is 0 Å². The number of ether oxygens (including phenoxy) is 1. The smallest absolute Gasteiger partial charge is 0.200 e. The summed E-state index contributed by atoms with van der Waals surface area (Å²) in [7, 11) is -3.77. The maximum absolute atomic E-state index is 13.6. The van der Waals surface area contributed by atoms with Crippen LogP contribution >= 0.6 is 0 Å². The van der Waals surface area contributed by atoms with E-state index in [1.165, 1.54) is 31.4 Å². The molecule has 0 unspecified atom stereocenters. The molecular weight excluding hydrogens is 371 g/mol. The molecule has 25 heavy (non-hydrogen) atoms. The van der Waals surface area contributed by atoms with E-state index in [0.29, 0.717) is 5.75 Å². The van der Waals surface area contributed by atoms with Crippen molar-refractivity contribution in [2.75, 3.05) is 12.9 Å². The summed E-state index contributed by atoms with van der Waals surface area (Å²) in [5, 5.41) is 0. The molecule has 4 nitrogen and oxygen atoms in total. The number of ketones is 1. The SMILES string of the molecule is COc1ccc(C(=O)CS(=O)(=O)c2c(F)c(F)c(F)c(F)c2F)cc1. The number of hydrogen-bond donors (Lipinski definition) is 0. The first kappa shape index (κ1) is 18.8. The van der Waals surface area contributed by atoms with E-state index in [9.17, 15) is 35.2 Å². The third kappa shape index (κ3) is 3.48. The van der Waals surface area contributed by atoms with Gasteiger partial charge in [0.15, 0.2) is 38.9 Å². The molecule has 2 aromatic carbocycles. The molecule has 0 N–H and O–H groups in total. The fraction of sp³-hybridized carbons (Fsp3) is 0.133. The minimum atomic E-state index is -5.12. The van der Waals surface area contributed by atoms with E-state index in [0.717, 1.165) is 0 Å². The van der Waals surface area contributed by atoms with Crippen molar-refractivity contribution < 1.29 is 39.9 Å². The minimum absolute atomic E-state index is 0.145. The number of Topliss-reactive ketones (excluding diaryl/α,β-unsaturated/α-hetero) is 1. The average molecular weight is 380 g/mol. The minimum Gasteiger partial charge on any atom is -0.497 e. The summed E-state index contributed by atoms with van der Waals surface area (Å²) < 4.78 is 95.4. The number of rotatable bonds is 5. The third-order valence-electron chi connectivity index (χ3n) is 3.21. The van der Waals surface area contributed by atoms with Crippen LogP contribution in [0.3, 0.4) is 0 Å². The van der Waals surface area contributed by atoms with Gasteiger partial charge in [-0.05, 0) is 24.3 Å². The van der Waals surface area contributed by atoms with Gasteiger partial charge in [0.2, 0.25) is 5.82 Å². The number of hydrogen-bond acceptors (Lipinski definition) is 4. The molecule has 0 fully saturated rings. The highest BCUT2D eigenvalue weighted by Crippen LogP contribution is 2.28. The highest BCUT2D eigenvalue weighted by Gasteiger charge is 2.34. The van der Waals surface area contributed by atoms with Crippen molar-refractivity contribution in [1.82, 2.24) is 0 Å². The van der Waals surface area contributed by atoms with Crippen molar-refractivity contribution in [1.29, 1.82) is 0 Å². The van der Waals surface area contributed by atoms with Crippen LogP contribution in [0.2, 0.25) is 0 Å². The Kier molecular flexibility index (Phi) is 5.12. The zero-order chi connectivity index (χ0) is 18.9. The summed E-state index contributed by atoms with van der Waals surface area (Å²) >= 11 is 0. The molecule has 0 bridgehead atoms. The van der Waals surface area contributed by atoms with Crippen LogP contribution in [0, 0.1) is 29.1 Å². The molecule has 0 radical (unpaired) electrons. The maximum Gasteiger partial charge on any atom is 0.200 e. The fourth-order valence-electron chi connectivity index (χ4n) is 1.96. The van der Waals surface area contributed by atoms with Crippen LogP contribution < -0.4 is 4.74 Å². The Bertz CT molecular complexity index is 910. The van der Waals surface area contributed by atoms with Crippen molar-refractivity contribution >= 4 is 15.6 Å². The van der Waals surface area contributed by atoms with Gasteiger partial charge in [0, 0.05) is 5.56 Å². The van der Waals surface area contributed by atoms with Crippen molar-refractivity contribution in [3.63, 3.8) is 0 Å². The molecule has 0 heterocycles. The molecule has 2 aromatic rings. The fourth-order valence-corrected chi connectivity index (χ4v) is 3.34. The molecule has 0 aliphatic rings. The van der Waals surface area contributed by atoms with Gasteiger partial charge in [0.1, 0.15) is 16.4 Å². The summed E-state index contributed by atoms with van der Waals surface area (Å²) in [6.45, 7) is 0. The van der Waals surface area contributed by atoms with Crippen LogP contribution in [0.15, 0.2) is 29.2 Å². The largest absolute Gasteiger partial charge is 0.497 e. The normalized spacial score (nSPS) is 11.4. The summed E-state index contributed by atoms with van der Waals surface area (Å²) in [5.74, 6) is -14.5. The lowest BCUT2D eigenvalue weighted by atomic mass is 10.1. The molecule has 0 saturated heterocycles. The molecule has 134 valence electrons. The van der Waals surface area contributed by atoms with E-state index in [1.807, 2.05) is 0 Å². The van der Waals surface area contributed by atoms with E-state index in [4.69, 9.17) is 4.74 Å². The van der Waals surface area contributed by atoms with Crippen LogP contribution in [0.1, 0.15) is 10.4 Å². The Morgan fingerprint density at radius 3 is 1.76 bits per heavy atom. The van der Waals surface area contributed by atoms with E-state index >= 15 is 0 Å². The molecule has 0 spiro atoms. The maximum atomic E-state index is 13.6. The van der Waals surface area contributed by atoms with Gasteiger partial charge < -0.3 is 4.74 Å². The number of sulfone groups is 1. The Morgan fingerprint density at radius 1 is 0.880 bits per heavy atom. The second-order valence-electron chi connectivity index (χ2n) is 4.81. The summed E-state index contributed by atoms with van der Waals surface area (Å²) in [6, 6.07) is 5.04. The van der Waals surface area contributed by atoms with E-state index in [-0.39, 0.29) is 5.56 Å². The molecule has 0 aliphatic heterocycles. The Hall–Kier alpha value is -2.49. The standard InChI is InChI=1S/C15H9F5O4S/c1-24-8-4-2-7(3-5-8)9(21)6-25(22,23)15-13(19)11(17)10(16)12(18)14(15)20/h2-5H,6H2,1H3. The van der Waals surface area contributed by atoms with Crippen molar-refractivity contribution in [3.05, 3.63) is 58.9 Å². The van der Waals surface area contributed by atoms with Crippen LogP contribution in [-0.2, 0) is 9.84 Å². The molecule has 0 saturated carbocycles. The average Bonchev–Trinajstić information content (AvgIpc) is 2.57. The van der Waals surface area contributed by atoms with Gasteiger partial charge >= 0.3 is 0 Å². The molecule has 0 atom stereocenters. The van der Waals surface area contributed by atoms with Gasteiger partial charge in [0.05, 0.1) is 7.11 Å². The third-order valence-corrected chi connectivity index (χ3v) is 4.84. The molecule has 2 rings (SSSR count). The topological polar surface area (TPSA) is 60.4 Å². The molecule has 0 amide bonds. The molecule has 0 aromatic heterocycles. The second kappa shape index (κ2) is 6.79. The van der Waals surface area contributed by atoms with Crippen molar-refractivity contribution in [3.8, 4) is 5.75 Å². The number of carbonyl (C=O) groups is 1. The first-order valence-electron chi connectivity index (χ1n) is 6.51. The monoisotopic (exact) mass is 380 g/mol. The zero-order valence-electron chi connectivity index (χ0n) is 12.4. The molecule has 0 aliphatic carbocycles. The van der Waals surface area contributed by atoms with Gasteiger partial charge in [-0.2, -0.15) is 0 Å².